The molecular weight excluding hydrogens is 1020 g/mol. The van der Waals surface area contributed by atoms with Gasteiger partial charge in [0.15, 0.2) is 0 Å². The van der Waals surface area contributed by atoms with Crippen LogP contribution < -0.4 is 14.4 Å². The number of hydrogen-bond donors (Lipinski definition) is 1. The lowest BCUT2D eigenvalue weighted by Crippen LogP contribution is -2.24. The summed E-state index contributed by atoms with van der Waals surface area (Å²) in [5, 5.41) is 19.8. The highest BCUT2D eigenvalue weighted by Gasteiger charge is 2.45. The van der Waals surface area contributed by atoms with Gasteiger partial charge in [0, 0.05) is 42.5 Å². The van der Waals surface area contributed by atoms with Gasteiger partial charge in [-0.1, -0.05) is 165 Å². The van der Waals surface area contributed by atoms with Gasteiger partial charge in [-0.05, 0) is 161 Å². The van der Waals surface area contributed by atoms with E-state index in [1.165, 1.54) is 75.9 Å². The van der Waals surface area contributed by atoms with Crippen LogP contribution in [0.5, 0.6) is 11.5 Å². The van der Waals surface area contributed by atoms with Crippen molar-refractivity contribution >= 4 is 62.8 Å². The number of rotatable bonds is 27. The van der Waals surface area contributed by atoms with Gasteiger partial charge in [0.1, 0.15) is 34.5 Å². The molecule has 0 unspecified atom stereocenters. The number of nitriles is 1. The van der Waals surface area contributed by atoms with E-state index in [-0.39, 0.29) is 11.0 Å². The molecular formula is C71H72N2O5S2. The first-order valence-corrected chi connectivity index (χ1v) is 30.6. The molecule has 0 radical (unpaired) electrons. The lowest BCUT2D eigenvalue weighted by atomic mass is 9.71. The van der Waals surface area contributed by atoms with Crippen LogP contribution in [-0.4, -0.2) is 24.3 Å². The molecule has 6 aromatic carbocycles. The molecule has 0 fully saturated rings. The third-order valence-electron chi connectivity index (χ3n) is 15.6. The molecule has 9 aromatic rings. The maximum absolute atomic E-state index is 11.6. The van der Waals surface area contributed by atoms with E-state index in [9.17, 15) is 15.2 Å². The van der Waals surface area contributed by atoms with E-state index in [1.54, 1.807) is 6.07 Å². The van der Waals surface area contributed by atoms with Gasteiger partial charge in [-0.25, -0.2) is 4.79 Å². The number of thiophene rings is 2. The van der Waals surface area contributed by atoms with Gasteiger partial charge in [0.05, 0.1) is 18.1 Å². The van der Waals surface area contributed by atoms with Crippen LogP contribution in [0.15, 0.2) is 168 Å². The number of nitrogens with zero attached hydrogens (tertiary/aromatic N) is 2. The Morgan fingerprint density at radius 3 is 1.46 bits per heavy atom. The highest BCUT2D eigenvalue weighted by atomic mass is 32.1. The predicted molar refractivity (Wildman–Crippen MR) is 334 cm³/mol. The van der Waals surface area contributed by atoms with Crippen LogP contribution in [0, 0.1) is 11.3 Å². The highest BCUT2D eigenvalue weighted by Crippen LogP contribution is 2.62. The fourth-order valence-electron chi connectivity index (χ4n) is 11.2. The van der Waals surface area contributed by atoms with Gasteiger partial charge < -0.3 is 23.9 Å². The lowest BCUT2D eigenvalue weighted by molar-refractivity contribution is -0.132. The molecule has 1 aliphatic rings. The Morgan fingerprint density at radius 2 is 1.00 bits per heavy atom. The van der Waals surface area contributed by atoms with Crippen LogP contribution in [0.4, 0.5) is 17.1 Å². The third kappa shape index (κ3) is 12.4. The first-order valence-electron chi connectivity index (χ1n) is 29.0. The van der Waals surface area contributed by atoms with Crippen LogP contribution in [-0.2, 0) is 10.2 Å². The van der Waals surface area contributed by atoms with Gasteiger partial charge in [-0.3, -0.25) is 0 Å². The number of furan rings is 1. The smallest absolute Gasteiger partial charge is 0.346 e. The van der Waals surface area contributed by atoms with Crippen molar-refractivity contribution in [3.8, 4) is 70.7 Å². The van der Waals surface area contributed by atoms with Gasteiger partial charge in [0.25, 0.3) is 0 Å². The zero-order chi connectivity index (χ0) is 55.4. The Balaban J connectivity index is 0.956. The summed E-state index contributed by atoms with van der Waals surface area (Å²) in [4.78, 5) is 19.0. The Morgan fingerprint density at radius 1 is 0.550 bits per heavy atom. The molecule has 0 bridgehead atoms. The van der Waals surface area contributed by atoms with Crippen molar-refractivity contribution in [1.82, 2.24) is 0 Å². The van der Waals surface area contributed by atoms with Gasteiger partial charge in [-0.15, -0.1) is 22.7 Å². The summed E-state index contributed by atoms with van der Waals surface area (Å²) in [6.45, 7) is 10.5. The van der Waals surface area contributed by atoms with Crippen LogP contribution in [0.25, 0.3) is 70.1 Å². The molecule has 3 heterocycles. The topological polar surface area (TPSA) is 95.9 Å². The molecule has 10 rings (SSSR count). The summed E-state index contributed by atoms with van der Waals surface area (Å²) in [5.74, 6) is 1.37. The number of carboxylic acids is 1. The van der Waals surface area contributed by atoms with E-state index in [0.717, 1.165) is 131 Å². The highest BCUT2D eigenvalue weighted by molar-refractivity contribution is 7.25. The van der Waals surface area contributed by atoms with Crippen LogP contribution in [0.3, 0.4) is 0 Å². The van der Waals surface area contributed by atoms with E-state index >= 15 is 0 Å². The number of aliphatic carboxylic acids is 1. The van der Waals surface area contributed by atoms with Crippen molar-refractivity contribution < 1.29 is 23.8 Å². The van der Waals surface area contributed by atoms with E-state index < -0.39 is 5.97 Å². The van der Waals surface area contributed by atoms with Crippen molar-refractivity contribution in [3.63, 3.8) is 0 Å². The van der Waals surface area contributed by atoms with Crippen molar-refractivity contribution in [3.05, 3.63) is 180 Å². The van der Waals surface area contributed by atoms with Gasteiger partial charge in [0.2, 0.25) is 0 Å². The second-order valence-corrected chi connectivity index (χ2v) is 23.3. The molecule has 3 aromatic heterocycles. The fraction of sp³-hybridized carbons (Fsp3) is 0.296. The summed E-state index contributed by atoms with van der Waals surface area (Å²) in [7, 11) is 0. The molecule has 0 spiro atoms. The number of carbonyl (C=O) groups is 1. The second kappa shape index (κ2) is 26.1. The summed E-state index contributed by atoms with van der Waals surface area (Å²) < 4.78 is 18.7. The van der Waals surface area contributed by atoms with Gasteiger partial charge >= 0.3 is 5.97 Å². The normalized spacial score (nSPS) is 12.6. The average Bonchev–Trinajstić information content (AvgIpc) is 4.37. The minimum Gasteiger partial charge on any atom is -0.494 e. The maximum atomic E-state index is 11.6. The van der Waals surface area contributed by atoms with E-state index in [4.69, 9.17) is 13.9 Å². The molecule has 0 amide bonds. The van der Waals surface area contributed by atoms with Crippen molar-refractivity contribution in [2.24, 2.45) is 0 Å². The summed E-state index contributed by atoms with van der Waals surface area (Å²) in [5.41, 5.74) is 12.7. The van der Waals surface area contributed by atoms with Crippen molar-refractivity contribution in [2.45, 2.75) is 123 Å². The molecule has 0 saturated carbocycles. The average molecular weight is 1100 g/mol. The molecule has 1 N–H and O–H groups in total. The molecule has 9 heteroatoms. The number of hydrogen-bond acceptors (Lipinski definition) is 8. The first-order chi connectivity index (χ1) is 39.2. The third-order valence-corrected chi connectivity index (χ3v) is 18.1. The molecule has 80 heavy (non-hydrogen) atoms. The monoisotopic (exact) mass is 1100 g/mol. The SMILES string of the molecule is CCCCCCOc1ccc(-c2ccc(N(c3ccc(-c4ccc(OCCCCCC)cc4)cc3)c3ccc(-c4cc5c(s4)-c4sc(-c6cc7ccc(/C=C(/C#N)C(=O)O)cc7o6)cc4C5(CCCC)CCCC)cc3)cc2)cc1. The zero-order valence-corrected chi connectivity index (χ0v) is 48.3. The van der Waals surface area contributed by atoms with Crippen LogP contribution in [0.2, 0.25) is 0 Å². The van der Waals surface area contributed by atoms with Crippen LogP contribution >= 0.6 is 22.7 Å². The lowest BCUT2D eigenvalue weighted by Gasteiger charge is -2.31. The largest absolute Gasteiger partial charge is 0.494 e. The predicted octanol–water partition coefficient (Wildman–Crippen LogP) is 21.3. The quantitative estimate of drug-likeness (QED) is 0.0311. The Bertz CT molecular complexity index is 3470. The second-order valence-electron chi connectivity index (χ2n) is 21.2. The first kappa shape index (κ1) is 55.7. The zero-order valence-electron chi connectivity index (χ0n) is 46.7. The molecule has 0 atom stereocenters. The molecule has 408 valence electrons. The van der Waals surface area contributed by atoms with E-state index in [0.29, 0.717) is 11.1 Å². The Labute approximate surface area is 480 Å². The number of benzene rings is 6. The minimum absolute atomic E-state index is 0.100. The van der Waals surface area contributed by atoms with Gasteiger partial charge in [-0.2, -0.15) is 5.26 Å². The van der Waals surface area contributed by atoms with Crippen LogP contribution in [0.1, 0.15) is 134 Å². The fourth-order valence-corrected chi connectivity index (χ4v) is 13.8. The Hall–Kier alpha value is -7.64. The Kier molecular flexibility index (Phi) is 18.2. The number of anilines is 3. The number of fused-ring (bicyclic) bond motifs is 4. The summed E-state index contributed by atoms with van der Waals surface area (Å²) in [6.07, 6.45) is 17.5. The number of ether oxygens (including phenoxy) is 2. The summed E-state index contributed by atoms with van der Waals surface area (Å²) in [6, 6.07) is 58.2. The van der Waals surface area contributed by atoms with Crippen molar-refractivity contribution in [1.29, 1.82) is 5.26 Å². The minimum atomic E-state index is -1.25. The van der Waals surface area contributed by atoms with Crippen molar-refractivity contribution in [2.75, 3.05) is 18.1 Å². The number of carboxylic acid groups (broad SMARTS) is 1. The summed E-state index contributed by atoms with van der Waals surface area (Å²) >= 11 is 3.71. The molecule has 7 nitrogen and oxygen atoms in total. The molecule has 1 aliphatic carbocycles. The van der Waals surface area contributed by atoms with E-state index in [2.05, 4.69) is 172 Å². The molecule has 0 saturated heterocycles. The number of unbranched alkanes of at least 4 members (excludes halogenated alkanes) is 8. The molecule has 0 aliphatic heterocycles. The van der Waals surface area contributed by atoms with E-state index in [1.807, 2.05) is 40.9 Å². The maximum Gasteiger partial charge on any atom is 0.346 e. The standard InChI is InChI=1S/C71H72N2O5S2/c1-5-9-13-15-41-76-60-35-25-52(26-36-60)50-19-29-57(30-20-50)73(58-31-21-51(22-32-58)53-27-37-61(38-28-53)77-42-16-14-10-6-2)59-33-23-54(24-34-59)66-46-62-68(79-66)69-63(71(62,39-11-7-3)40-12-8-4)47-67(80-69)65-45-55-18-17-49(44-64(55)78-65)43-56(48-72)70(74)75/h17-38,43-47H,5-16,39-42H2,1-4H3,(H,74,75)/b56-43-.